The van der Waals surface area contributed by atoms with Crippen LogP contribution < -0.4 is 0 Å². The Bertz CT molecular complexity index is 842. The molecule has 28 heavy (non-hydrogen) atoms. The van der Waals surface area contributed by atoms with Crippen LogP contribution >= 0.6 is 0 Å². The lowest BCUT2D eigenvalue weighted by atomic mass is 10.0. The first-order valence-electron chi connectivity index (χ1n) is 9.75. The lowest BCUT2D eigenvalue weighted by Crippen LogP contribution is -2.05. The summed E-state index contributed by atoms with van der Waals surface area (Å²) in [7, 11) is 0. The van der Waals surface area contributed by atoms with Crippen molar-refractivity contribution in [2.24, 2.45) is 0 Å². The summed E-state index contributed by atoms with van der Waals surface area (Å²) in [6, 6.07) is 27.8. The summed E-state index contributed by atoms with van der Waals surface area (Å²) in [5.41, 5.74) is 3.90. The monoisotopic (exact) mass is 374 g/mol. The molecule has 144 valence electrons. The van der Waals surface area contributed by atoms with Gasteiger partial charge in [-0.3, -0.25) is 0 Å². The smallest absolute Gasteiger partial charge is 0.335 e. The third kappa shape index (κ3) is 6.07. The van der Waals surface area contributed by atoms with Crippen LogP contribution in [0.3, 0.4) is 0 Å². The number of aryl methyl sites for hydroxylation is 1. The molecule has 1 unspecified atom stereocenters. The van der Waals surface area contributed by atoms with Gasteiger partial charge in [0.15, 0.2) is 0 Å². The molecule has 0 heterocycles. The Morgan fingerprint density at radius 1 is 0.786 bits per heavy atom. The predicted octanol–water partition coefficient (Wildman–Crippen LogP) is 6.06. The van der Waals surface area contributed by atoms with E-state index in [1.165, 1.54) is 16.7 Å². The summed E-state index contributed by atoms with van der Waals surface area (Å²) in [5.74, 6) is -0.882. The molecule has 0 aliphatic carbocycles. The highest BCUT2D eigenvalue weighted by Crippen LogP contribution is 2.25. The number of carboxylic acid groups (broad SMARTS) is 1. The lowest BCUT2D eigenvalue weighted by molar-refractivity contribution is 0.0322. The van der Waals surface area contributed by atoms with E-state index in [9.17, 15) is 4.79 Å². The van der Waals surface area contributed by atoms with E-state index in [4.69, 9.17) is 9.84 Å². The van der Waals surface area contributed by atoms with Crippen LogP contribution in [0.15, 0.2) is 84.9 Å². The minimum Gasteiger partial charge on any atom is -0.478 e. The Hall–Kier alpha value is -2.91. The fraction of sp³-hybridized carbons (Fsp3) is 0.240. The molecule has 3 rings (SSSR count). The molecule has 0 aromatic heterocycles. The van der Waals surface area contributed by atoms with Crippen molar-refractivity contribution in [3.8, 4) is 0 Å². The van der Waals surface area contributed by atoms with Gasteiger partial charge in [0.25, 0.3) is 0 Å². The summed E-state index contributed by atoms with van der Waals surface area (Å²) in [6.07, 6.45) is 4.08. The molecular weight excluding hydrogens is 348 g/mol. The molecule has 1 atom stereocenters. The second-order valence-electron chi connectivity index (χ2n) is 6.94. The highest BCUT2D eigenvalue weighted by molar-refractivity contribution is 5.87. The molecule has 3 heteroatoms. The normalized spacial score (nSPS) is 11.9. The molecule has 3 aromatic carbocycles. The molecule has 0 bridgehead atoms. The van der Waals surface area contributed by atoms with Gasteiger partial charge in [-0.15, -0.1) is 0 Å². The van der Waals surface area contributed by atoms with E-state index in [-0.39, 0.29) is 6.10 Å². The first-order chi connectivity index (χ1) is 13.7. The maximum Gasteiger partial charge on any atom is 0.335 e. The molecule has 0 aliphatic heterocycles. The average molecular weight is 374 g/mol. The van der Waals surface area contributed by atoms with E-state index in [0.29, 0.717) is 12.2 Å². The summed E-state index contributed by atoms with van der Waals surface area (Å²) in [6.45, 7) is 0.608. The Labute approximate surface area is 166 Å². The summed E-state index contributed by atoms with van der Waals surface area (Å²) in [5, 5.41) is 8.98. The van der Waals surface area contributed by atoms with E-state index in [1.807, 2.05) is 36.4 Å². The molecule has 3 aromatic rings. The van der Waals surface area contributed by atoms with Crippen molar-refractivity contribution in [3.63, 3.8) is 0 Å². The molecule has 0 aliphatic rings. The quantitative estimate of drug-likeness (QED) is 0.439. The Morgan fingerprint density at radius 3 is 2.07 bits per heavy atom. The van der Waals surface area contributed by atoms with Gasteiger partial charge in [0.05, 0.1) is 18.3 Å². The third-order valence-electron chi connectivity index (χ3n) is 4.85. The van der Waals surface area contributed by atoms with Crippen molar-refractivity contribution in [2.45, 2.75) is 38.4 Å². The number of ether oxygens (including phenoxy) is 1. The third-order valence-corrected chi connectivity index (χ3v) is 4.85. The fourth-order valence-electron chi connectivity index (χ4n) is 3.26. The van der Waals surface area contributed by atoms with Crippen molar-refractivity contribution in [1.82, 2.24) is 0 Å². The molecule has 0 saturated carbocycles. The number of unbranched alkanes of at least 4 members (excludes halogenated alkanes) is 1. The number of hydrogen-bond acceptors (Lipinski definition) is 2. The van der Waals surface area contributed by atoms with Crippen molar-refractivity contribution < 1.29 is 14.6 Å². The minimum atomic E-state index is -0.882. The second-order valence-corrected chi connectivity index (χ2v) is 6.94. The zero-order chi connectivity index (χ0) is 19.6. The average Bonchev–Trinajstić information content (AvgIpc) is 2.75. The number of rotatable bonds is 10. The first-order valence-corrected chi connectivity index (χ1v) is 9.75. The lowest BCUT2D eigenvalue weighted by Gasteiger charge is -2.18. The van der Waals surface area contributed by atoms with E-state index < -0.39 is 5.97 Å². The van der Waals surface area contributed by atoms with Crippen molar-refractivity contribution in [2.75, 3.05) is 0 Å². The summed E-state index contributed by atoms with van der Waals surface area (Å²) in [4.78, 5) is 10.9. The molecule has 0 fully saturated rings. The zero-order valence-electron chi connectivity index (χ0n) is 16.0. The Balaban J connectivity index is 1.52. The SMILES string of the molecule is O=C(O)c1ccc(CCCCC(OCc2ccccc2)c2ccccc2)cc1. The van der Waals surface area contributed by atoms with Gasteiger partial charge in [-0.1, -0.05) is 79.2 Å². The molecule has 3 nitrogen and oxygen atoms in total. The number of hydrogen-bond donors (Lipinski definition) is 1. The highest BCUT2D eigenvalue weighted by atomic mass is 16.5. The van der Waals surface area contributed by atoms with Gasteiger partial charge >= 0.3 is 5.97 Å². The van der Waals surface area contributed by atoms with Crippen LogP contribution in [0.5, 0.6) is 0 Å². The van der Waals surface area contributed by atoms with Crippen molar-refractivity contribution in [3.05, 3.63) is 107 Å². The second kappa shape index (κ2) is 10.4. The first kappa shape index (κ1) is 19.8. The van der Waals surface area contributed by atoms with Gasteiger partial charge in [-0.2, -0.15) is 0 Å². The molecule has 1 N–H and O–H groups in total. The van der Waals surface area contributed by atoms with Gasteiger partial charge in [-0.25, -0.2) is 4.79 Å². The van der Waals surface area contributed by atoms with Gasteiger partial charge in [-0.05, 0) is 48.1 Å². The van der Waals surface area contributed by atoms with E-state index in [0.717, 1.165) is 25.7 Å². The van der Waals surface area contributed by atoms with E-state index >= 15 is 0 Å². The zero-order valence-corrected chi connectivity index (χ0v) is 16.0. The summed E-state index contributed by atoms with van der Waals surface area (Å²) < 4.78 is 6.24. The predicted molar refractivity (Wildman–Crippen MR) is 111 cm³/mol. The van der Waals surface area contributed by atoms with Crippen molar-refractivity contribution >= 4 is 5.97 Å². The van der Waals surface area contributed by atoms with Gasteiger partial charge in [0.1, 0.15) is 0 Å². The number of benzene rings is 3. The van der Waals surface area contributed by atoms with E-state index in [1.54, 1.807) is 12.1 Å². The van der Waals surface area contributed by atoms with Crippen LogP contribution in [0, 0.1) is 0 Å². The Kier molecular flexibility index (Phi) is 7.39. The Morgan fingerprint density at radius 2 is 1.43 bits per heavy atom. The molecule has 0 radical (unpaired) electrons. The van der Waals surface area contributed by atoms with Crippen LogP contribution in [0.1, 0.15) is 52.4 Å². The van der Waals surface area contributed by atoms with Crippen LogP contribution in [0.25, 0.3) is 0 Å². The number of carbonyl (C=O) groups is 1. The van der Waals surface area contributed by atoms with Crippen LogP contribution in [-0.2, 0) is 17.8 Å². The molecule has 0 amide bonds. The van der Waals surface area contributed by atoms with Crippen LogP contribution in [0.4, 0.5) is 0 Å². The number of aromatic carboxylic acids is 1. The highest BCUT2D eigenvalue weighted by Gasteiger charge is 2.12. The van der Waals surface area contributed by atoms with Crippen molar-refractivity contribution in [1.29, 1.82) is 0 Å². The molecular formula is C25H26O3. The largest absolute Gasteiger partial charge is 0.478 e. The topological polar surface area (TPSA) is 46.5 Å². The van der Waals surface area contributed by atoms with Gasteiger partial charge < -0.3 is 9.84 Å². The fourth-order valence-corrected chi connectivity index (χ4v) is 3.26. The molecule has 0 spiro atoms. The van der Waals surface area contributed by atoms with Gasteiger partial charge in [0, 0.05) is 0 Å². The van der Waals surface area contributed by atoms with Gasteiger partial charge in [0.2, 0.25) is 0 Å². The van der Waals surface area contributed by atoms with Crippen LogP contribution in [0.2, 0.25) is 0 Å². The summed E-state index contributed by atoms with van der Waals surface area (Å²) >= 11 is 0. The standard InChI is InChI=1S/C25H26O3/c26-25(27)23-17-15-20(16-18-23)9-7-8-14-24(22-12-5-2-6-13-22)28-19-21-10-3-1-4-11-21/h1-6,10-13,15-18,24H,7-9,14,19H2,(H,26,27). The maximum atomic E-state index is 10.9. The number of carboxylic acids is 1. The van der Waals surface area contributed by atoms with E-state index in [2.05, 4.69) is 36.4 Å². The van der Waals surface area contributed by atoms with Crippen LogP contribution in [-0.4, -0.2) is 11.1 Å². The maximum absolute atomic E-state index is 10.9. The molecule has 0 saturated heterocycles. The minimum absolute atomic E-state index is 0.0794.